The SMILES string of the molecule is Cc1cccc(-c2ccc3ncc4n[nH]c(CCc5ccc(C(C)(C)C#N)cc5C)c4c3c2)c1. The van der Waals surface area contributed by atoms with E-state index in [9.17, 15) is 5.26 Å². The molecule has 2 heterocycles. The van der Waals surface area contributed by atoms with E-state index in [1.807, 2.05) is 20.0 Å². The van der Waals surface area contributed by atoms with Crippen LogP contribution in [0.5, 0.6) is 0 Å². The highest BCUT2D eigenvalue weighted by Gasteiger charge is 2.20. The van der Waals surface area contributed by atoms with Crippen molar-refractivity contribution in [3.8, 4) is 17.2 Å². The Morgan fingerprint density at radius 1 is 0.912 bits per heavy atom. The van der Waals surface area contributed by atoms with E-state index in [1.54, 1.807) is 0 Å². The quantitative estimate of drug-likeness (QED) is 0.318. The first-order valence-electron chi connectivity index (χ1n) is 11.7. The maximum absolute atomic E-state index is 9.46. The first-order valence-corrected chi connectivity index (χ1v) is 11.7. The molecule has 0 aliphatic heterocycles. The van der Waals surface area contributed by atoms with Crippen LogP contribution in [-0.2, 0) is 18.3 Å². The van der Waals surface area contributed by atoms with Gasteiger partial charge in [0.05, 0.1) is 23.2 Å². The predicted octanol–water partition coefficient (Wildman–Crippen LogP) is 6.98. The minimum atomic E-state index is -0.482. The molecule has 4 nitrogen and oxygen atoms in total. The second-order valence-electron chi connectivity index (χ2n) is 9.70. The summed E-state index contributed by atoms with van der Waals surface area (Å²) in [7, 11) is 0. The first-order chi connectivity index (χ1) is 16.4. The zero-order chi connectivity index (χ0) is 23.9. The van der Waals surface area contributed by atoms with Crippen LogP contribution >= 0.6 is 0 Å². The lowest BCUT2D eigenvalue weighted by atomic mass is 9.84. The number of fused-ring (bicyclic) bond motifs is 3. The maximum atomic E-state index is 9.46. The van der Waals surface area contributed by atoms with Gasteiger partial charge in [-0.3, -0.25) is 10.1 Å². The Bertz CT molecular complexity index is 1570. The van der Waals surface area contributed by atoms with E-state index in [1.165, 1.54) is 27.8 Å². The van der Waals surface area contributed by atoms with Gasteiger partial charge in [0.1, 0.15) is 5.52 Å². The molecule has 5 rings (SSSR count). The van der Waals surface area contributed by atoms with E-state index < -0.39 is 5.41 Å². The van der Waals surface area contributed by atoms with Crippen molar-refractivity contribution in [2.75, 3.05) is 0 Å². The summed E-state index contributed by atoms with van der Waals surface area (Å²) >= 11 is 0. The number of hydrogen-bond donors (Lipinski definition) is 1. The summed E-state index contributed by atoms with van der Waals surface area (Å²) in [5, 5.41) is 19.6. The van der Waals surface area contributed by atoms with Crippen molar-refractivity contribution in [1.82, 2.24) is 15.2 Å². The fraction of sp³-hybridized carbons (Fsp3) is 0.233. The Hall–Kier alpha value is -3.97. The highest BCUT2D eigenvalue weighted by atomic mass is 15.1. The topological polar surface area (TPSA) is 65.4 Å². The summed E-state index contributed by atoms with van der Waals surface area (Å²) in [5.41, 5.74) is 9.73. The number of hydrogen-bond acceptors (Lipinski definition) is 3. The predicted molar refractivity (Wildman–Crippen MR) is 139 cm³/mol. The number of pyridine rings is 1. The molecular formula is C30H28N4. The summed E-state index contributed by atoms with van der Waals surface area (Å²) in [6.45, 7) is 8.17. The van der Waals surface area contributed by atoms with Crippen molar-refractivity contribution in [2.45, 2.75) is 46.0 Å². The van der Waals surface area contributed by atoms with Gasteiger partial charge in [-0.05, 0) is 80.5 Å². The largest absolute Gasteiger partial charge is 0.281 e. The third kappa shape index (κ3) is 3.95. The van der Waals surface area contributed by atoms with Crippen LogP contribution in [-0.4, -0.2) is 15.2 Å². The van der Waals surface area contributed by atoms with Crippen LogP contribution in [0.3, 0.4) is 0 Å². The van der Waals surface area contributed by atoms with Gasteiger partial charge in [0, 0.05) is 16.5 Å². The van der Waals surface area contributed by atoms with Gasteiger partial charge in [-0.25, -0.2) is 0 Å². The number of nitriles is 1. The van der Waals surface area contributed by atoms with Crippen LogP contribution in [0.4, 0.5) is 0 Å². The van der Waals surface area contributed by atoms with Gasteiger partial charge in [0.15, 0.2) is 0 Å². The standard InChI is InChI=1S/C30H28N4/c1-19-6-5-7-22(14-19)23-10-12-26-25(16-23)29-27(33-34-28(29)17-32-26)13-9-21-8-11-24(15-20(21)2)30(3,4)18-31/h5-8,10-12,14-17H,9,13H2,1-4H3,(H,33,34). The zero-order valence-corrected chi connectivity index (χ0v) is 20.1. The summed E-state index contributed by atoms with van der Waals surface area (Å²) in [6, 6.07) is 23.9. The molecule has 0 saturated carbocycles. The van der Waals surface area contributed by atoms with Crippen LogP contribution < -0.4 is 0 Å². The number of aryl methyl sites for hydroxylation is 4. The molecule has 1 N–H and O–H groups in total. The lowest BCUT2D eigenvalue weighted by Gasteiger charge is -2.17. The Kier molecular flexibility index (Phi) is 5.42. The van der Waals surface area contributed by atoms with Gasteiger partial charge in [0.2, 0.25) is 0 Å². The molecule has 3 aromatic carbocycles. The fourth-order valence-electron chi connectivity index (χ4n) is 4.64. The highest BCUT2D eigenvalue weighted by molar-refractivity contribution is 6.06. The van der Waals surface area contributed by atoms with Crippen LogP contribution in [0.2, 0.25) is 0 Å². The minimum absolute atomic E-state index is 0.482. The van der Waals surface area contributed by atoms with Crippen molar-refractivity contribution in [2.24, 2.45) is 0 Å². The van der Waals surface area contributed by atoms with E-state index in [2.05, 4.69) is 95.8 Å². The smallest absolute Gasteiger partial charge is 0.111 e. The van der Waals surface area contributed by atoms with Crippen molar-refractivity contribution in [3.05, 3.63) is 94.8 Å². The van der Waals surface area contributed by atoms with Gasteiger partial charge in [0.25, 0.3) is 0 Å². The average molecular weight is 445 g/mol. The van der Waals surface area contributed by atoms with Gasteiger partial charge in [-0.15, -0.1) is 0 Å². The Labute approximate surface area is 200 Å². The monoisotopic (exact) mass is 444 g/mol. The third-order valence-electron chi connectivity index (χ3n) is 6.80. The molecule has 5 aromatic rings. The van der Waals surface area contributed by atoms with Crippen molar-refractivity contribution in [3.63, 3.8) is 0 Å². The third-order valence-corrected chi connectivity index (χ3v) is 6.80. The fourth-order valence-corrected chi connectivity index (χ4v) is 4.64. The highest BCUT2D eigenvalue weighted by Crippen LogP contribution is 2.31. The number of nitrogens with one attached hydrogen (secondary N) is 1. The Morgan fingerprint density at radius 3 is 2.50 bits per heavy atom. The van der Waals surface area contributed by atoms with Gasteiger partial charge in [-0.2, -0.15) is 10.4 Å². The summed E-state index contributed by atoms with van der Waals surface area (Å²) in [6.07, 6.45) is 3.61. The van der Waals surface area contributed by atoms with E-state index in [-0.39, 0.29) is 0 Å². The van der Waals surface area contributed by atoms with Crippen LogP contribution in [0.25, 0.3) is 32.9 Å². The number of rotatable bonds is 5. The van der Waals surface area contributed by atoms with Gasteiger partial charge in [-0.1, -0.05) is 54.1 Å². The first kappa shape index (κ1) is 21.9. The molecule has 0 spiro atoms. The molecule has 168 valence electrons. The molecular weight excluding hydrogens is 416 g/mol. The molecule has 4 heteroatoms. The number of nitrogens with zero attached hydrogens (tertiary/aromatic N) is 3. The average Bonchev–Trinajstić information content (AvgIpc) is 3.26. The Morgan fingerprint density at radius 2 is 1.74 bits per heavy atom. The number of aromatic amines is 1. The molecule has 0 aliphatic rings. The maximum Gasteiger partial charge on any atom is 0.111 e. The van der Waals surface area contributed by atoms with E-state index in [4.69, 9.17) is 0 Å². The summed E-state index contributed by atoms with van der Waals surface area (Å²) in [5.74, 6) is 0. The summed E-state index contributed by atoms with van der Waals surface area (Å²) < 4.78 is 0. The van der Waals surface area contributed by atoms with Crippen molar-refractivity contribution < 1.29 is 0 Å². The second-order valence-corrected chi connectivity index (χ2v) is 9.70. The number of H-pyrrole nitrogens is 1. The number of benzene rings is 3. The molecule has 0 radical (unpaired) electrons. The minimum Gasteiger partial charge on any atom is -0.281 e. The van der Waals surface area contributed by atoms with E-state index in [0.717, 1.165) is 45.9 Å². The second kappa shape index (κ2) is 8.43. The van der Waals surface area contributed by atoms with E-state index >= 15 is 0 Å². The Balaban J connectivity index is 1.51. The van der Waals surface area contributed by atoms with E-state index in [0.29, 0.717) is 0 Å². The molecule has 0 amide bonds. The van der Waals surface area contributed by atoms with Crippen LogP contribution in [0.1, 0.15) is 41.8 Å². The number of aromatic nitrogens is 3. The molecule has 0 fully saturated rings. The molecule has 0 unspecified atom stereocenters. The lowest BCUT2D eigenvalue weighted by molar-refractivity contribution is 0.685. The normalized spacial score (nSPS) is 11.7. The lowest BCUT2D eigenvalue weighted by Crippen LogP contribution is -2.14. The van der Waals surface area contributed by atoms with Crippen LogP contribution in [0, 0.1) is 25.2 Å². The van der Waals surface area contributed by atoms with Gasteiger partial charge < -0.3 is 0 Å². The molecule has 34 heavy (non-hydrogen) atoms. The van der Waals surface area contributed by atoms with Crippen LogP contribution in [0.15, 0.2) is 66.9 Å². The molecule has 0 atom stereocenters. The van der Waals surface area contributed by atoms with Gasteiger partial charge >= 0.3 is 0 Å². The van der Waals surface area contributed by atoms with Crippen molar-refractivity contribution in [1.29, 1.82) is 5.26 Å². The summed E-state index contributed by atoms with van der Waals surface area (Å²) in [4.78, 5) is 4.64. The molecule has 0 bridgehead atoms. The molecule has 2 aromatic heterocycles. The zero-order valence-electron chi connectivity index (χ0n) is 20.1. The van der Waals surface area contributed by atoms with Crippen molar-refractivity contribution >= 4 is 21.8 Å². The molecule has 0 saturated heterocycles. The molecule has 0 aliphatic carbocycles.